The maximum Gasteiger partial charge on any atom is 0.407 e. The number of unbranched alkanes of at least 4 members (excludes halogenated alkanes) is 4. The van der Waals surface area contributed by atoms with E-state index in [0.29, 0.717) is 24.5 Å². The van der Waals surface area contributed by atoms with E-state index in [1.54, 1.807) is 0 Å². The zero-order valence-electron chi connectivity index (χ0n) is 17.3. The number of fused-ring (bicyclic) bond motifs is 2. The molecule has 0 spiro atoms. The van der Waals surface area contributed by atoms with Gasteiger partial charge in [-0.05, 0) is 55.2 Å². The molecule has 2 fully saturated rings. The monoisotopic (exact) mass is 385 g/mol. The van der Waals surface area contributed by atoms with Crippen LogP contribution in [0.1, 0.15) is 80.9 Å². The van der Waals surface area contributed by atoms with Crippen molar-refractivity contribution in [1.29, 1.82) is 0 Å². The summed E-state index contributed by atoms with van der Waals surface area (Å²) in [5, 5.41) is 3.07. The van der Waals surface area contributed by atoms with Crippen LogP contribution in [0.15, 0.2) is 18.2 Å². The standard InChI is InChI=1S/C24H35NO3/c1-2-3-4-5-6-13-27-21-11-9-17-14-19(8-7-18(17)15-21)22-12-10-20-16-28-24(26)25-23(20)22/h7-8,14,20-23H,2-6,9-13,15-16H2,1H3,(H,25,26)/t20-,21?,22-,23?/m1/s1. The molecule has 1 saturated carbocycles. The second-order valence-electron chi connectivity index (χ2n) is 8.89. The summed E-state index contributed by atoms with van der Waals surface area (Å²) in [5.74, 6) is 0.897. The summed E-state index contributed by atoms with van der Waals surface area (Å²) >= 11 is 0. The average Bonchev–Trinajstić information content (AvgIpc) is 3.13. The van der Waals surface area contributed by atoms with Crippen LogP contribution >= 0.6 is 0 Å². The van der Waals surface area contributed by atoms with Gasteiger partial charge in [-0.1, -0.05) is 50.8 Å². The third-order valence-electron chi connectivity index (χ3n) is 6.95. The molecule has 1 amide bonds. The Morgan fingerprint density at radius 2 is 2.00 bits per heavy atom. The van der Waals surface area contributed by atoms with E-state index >= 15 is 0 Å². The minimum absolute atomic E-state index is 0.242. The Balaban J connectivity index is 1.31. The van der Waals surface area contributed by atoms with Gasteiger partial charge in [-0.2, -0.15) is 0 Å². The minimum atomic E-state index is -0.249. The molecule has 3 aliphatic rings. The first kappa shape index (κ1) is 19.8. The molecule has 2 aliphatic carbocycles. The molecule has 0 bridgehead atoms. The van der Waals surface area contributed by atoms with Gasteiger partial charge in [-0.25, -0.2) is 4.79 Å². The Morgan fingerprint density at radius 3 is 2.89 bits per heavy atom. The van der Waals surface area contributed by atoms with Crippen LogP contribution < -0.4 is 5.32 Å². The van der Waals surface area contributed by atoms with Crippen LogP contribution in [0.4, 0.5) is 4.79 Å². The molecule has 4 atom stereocenters. The van der Waals surface area contributed by atoms with Crippen LogP contribution in [0.25, 0.3) is 0 Å². The molecule has 4 nitrogen and oxygen atoms in total. The van der Waals surface area contributed by atoms with E-state index in [2.05, 4.69) is 30.4 Å². The van der Waals surface area contributed by atoms with Gasteiger partial charge in [0, 0.05) is 24.5 Å². The van der Waals surface area contributed by atoms with Gasteiger partial charge in [0.05, 0.1) is 12.7 Å². The van der Waals surface area contributed by atoms with Crippen molar-refractivity contribution in [2.75, 3.05) is 13.2 Å². The molecular weight excluding hydrogens is 350 g/mol. The fourth-order valence-corrected chi connectivity index (χ4v) is 5.29. The number of nitrogens with one attached hydrogen (secondary N) is 1. The lowest BCUT2D eigenvalue weighted by atomic mass is 9.84. The van der Waals surface area contributed by atoms with E-state index < -0.39 is 0 Å². The van der Waals surface area contributed by atoms with Crippen molar-refractivity contribution in [1.82, 2.24) is 5.32 Å². The normalized spacial score (nSPS) is 29.0. The van der Waals surface area contributed by atoms with E-state index in [-0.39, 0.29) is 12.1 Å². The summed E-state index contributed by atoms with van der Waals surface area (Å²) in [6.07, 6.45) is 12.2. The number of ether oxygens (including phenoxy) is 2. The highest BCUT2D eigenvalue weighted by molar-refractivity contribution is 5.69. The molecule has 28 heavy (non-hydrogen) atoms. The maximum atomic E-state index is 11.7. The smallest absolute Gasteiger partial charge is 0.407 e. The van der Waals surface area contributed by atoms with Crippen LogP contribution in [0.2, 0.25) is 0 Å². The summed E-state index contributed by atoms with van der Waals surface area (Å²) < 4.78 is 11.3. The van der Waals surface area contributed by atoms with Gasteiger partial charge in [-0.15, -0.1) is 0 Å². The van der Waals surface area contributed by atoms with Gasteiger partial charge in [0.1, 0.15) is 0 Å². The molecule has 1 aromatic carbocycles. The molecule has 2 unspecified atom stereocenters. The number of benzene rings is 1. The summed E-state index contributed by atoms with van der Waals surface area (Å²) in [5.41, 5.74) is 4.34. The predicted molar refractivity (Wildman–Crippen MR) is 111 cm³/mol. The van der Waals surface area contributed by atoms with Gasteiger partial charge in [0.25, 0.3) is 0 Å². The lowest BCUT2D eigenvalue weighted by Crippen LogP contribution is -2.47. The maximum absolute atomic E-state index is 11.7. The SMILES string of the molecule is CCCCCCCOC1CCc2cc([C@H]3CC[C@@H]4COC(=O)NC43)ccc2C1. The highest BCUT2D eigenvalue weighted by Gasteiger charge is 2.41. The molecule has 0 radical (unpaired) electrons. The third kappa shape index (κ3) is 4.53. The van der Waals surface area contributed by atoms with E-state index in [1.165, 1.54) is 48.8 Å². The summed E-state index contributed by atoms with van der Waals surface area (Å²) in [7, 11) is 0. The molecule has 1 aromatic rings. The molecule has 154 valence electrons. The van der Waals surface area contributed by atoms with Crippen LogP contribution in [-0.4, -0.2) is 31.5 Å². The topological polar surface area (TPSA) is 47.6 Å². The van der Waals surface area contributed by atoms with E-state index in [4.69, 9.17) is 9.47 Å². The number of carbonyl (C=O) groups excluding carboxylic acids is 1. The predicted octanol–water partition coefficient (Wildman–Crippen LogP) is 5.13. The van der Waals surface area contributed by atoms with Crippen molar-refractivity contribution in [2.45, 2.75) is 89.2 Å². The lowest BCUT2D eigenvalue weighted by Gasteiger charge is -2.31. The number of amides is 1. The number of carbonyl (C=O) groups is 1. The van der Waals surface area contributed by atoms with Gasteiger partial charge >= 0.3 is 6.09 Å². The molecule has 1 N–H and O–H groups in total. The molecule has 4 rings (SSSR count). The van der Waals surface area contributed by atoms with Crippen LogP contribution in [0.3, 0.4) is 0 Å². The van der Waals surface area contributed by atoms with Gasteiger partial charge in [0.15, 0.2) is 0 Å². The zero-order chi connectivity index (χ0) is 19.3. The Hall–Kier alpha value is -1.55. The summed E-state index contributed by atoms with van der Waals surface area (Å²) in [6.45, 7) is 3.75. The Kier molecular flexibility index (Phi) is 6.56. The second kappa shape index (κ2) is 9.30. The molecule has 1 heterocycles. The largest absolute Gasteiger partial charge is 0.449 e. The second-order valence-corrected chi connectivity index (χ2v) is 8.89. The van der Waals surface area contributed by atoms with Gasteiger partial charge in [-0.3, -0.25) is 0 Å². The van der Waals surface area contributed by atoms with Crippen LogP contribution in [0, 0.1) is 5.92 Å². The van der Waals surface area contributed by atoms with Crippen molar-refractivity contribution in [3.05, 3.63) is 34.9 Å². The molecule has 0 aromatic heterocycles. The molecule has 4 heteroatoms. The first-order valence-corrected chi connectivity index (χ1v) is 11.4. The zero-order valence-corrected chi connectivity index (χ0v) is 17.3. The van der Waals surface area contributed by atoms with Gasteiger partial charge in [0.2, 0.25) is 0 Å². The number of hydrogen-bond acceptors (Lipinski definition) is 3. The Labute approximate surface area is 169 Å². The molecular formula is C24H35NO3. The van der Waals surface area contributed by atoms with E-state index in [9.17, 15) is 4.79 Å². The minimum Gasteiger partial charge on any atom is -0.449 e. The fourth-order valence-electron chi connectivity index (χ4n) is 5.29. The van der Waals surface area contributed by atoms with Crippen molar-refractivity contribution >= 4 is 6.09 Å². The molecule has 1 aliphatic heterocycles. The van der Waals surface area contributed by atoms with E-state index in [1.807, 2.05) is 0 Å². The van der Waals surface area contributed by atoms with Crippen molar-refractivity contribution in [3.8, 4) is 0 Å². The Morgan fingerprint density at radius 1 is 1.11 bits per heavy atom. The Bertz CT molecular complexity index is 674. The van der Waals surface area contributed by atoms with E-state index in [0.717, 1.165) is 38.7 Å². The number of cyclic esters (lactones) is 1. The average molecular weight is 386 g/mol. The summed E-state index contributed by atoms with van der Waals surface area (Å²) in [4.78, 5) is 11.7. The number of hydrogen-bond donors (Lipinski definition) is 1. The highest BCUT2D eigenvalue weighted by atomic mass is 16.6. The van der Waals surface area contributed by atoms with Gasteiger partial charge < -0.3 is 14.8 Å². The first-order chi connectivity index (χ1) is 13.7. The third-order valence-corrected chi connectivity index (χ3v) is 6.95. The summed E-state index contributed by atoms with van der Waals surface area (Å²) in [6, 6.07) is 7.26. The quantitative estimate of drug-likeness (QED) is 0.631. The fraction of sp³-hybridized carbons (Fsp3) is 0.708. The number of rotatable bonds is 8. The molecule has 1 saturated heterocycles. The first-order valence-electron chi connectivity index (χ1n) is 11.4. The van der Waals surface area contributed by atoms with Crippen molar-refractivity contribution in [2.24, 2.45) is 5.92 Å². The van der Waals surface area contributed by atoms with Crippen molar-refractivity contribution in [3.63, 3.8) is 0 Å². The van der Waals surface area contributed by atoms with Crippen LogP contribution in [0.5, 0.6) is 0 Å². The number of alkyl carbamates (subject to hydrolysis) is 1. The lowest BCUT2D eigenvalue weighted by molar-refractivity contribution is 0.0417. The highest BCUT2D eigenvalue weighted by Crippen LogP contribution is 2.41. The van der Waals surface area contributed by atoms with Crippen LogP contribution in [-0.2, 0) is 22.3 Å². The van der Waals surface area contributed by atoms with Crippen molar-refractivity contribution < 1.29 is 14.3 Å². The number of aryl methyl sites for hydroxylation is 1.